The summed E-state index contributed by atoms with van der Waals surface area (Å²) < 4.78 is 36.8. The first-order chi connectivity index (χ1) is 18.2. The molecule has 0 amide bonds. The van der Waals surface area contributed by atoms with Crippen molar-refractivity contribution in [2.45, 2.75) is 50.0 Å². The lowest BCUT2D eigenvalue weighted by Gasteiger charge is -2.17. The van der Waals surface area contributed by atoms with E-state index in [1.807, 2.05) is 24.3 Å². The van der Waals surface area contributed by atoms with Gasteiger partial charge in [0.25, 0.3) is 0 Å². The van der Waals surface area contributed by atoms with E-state index in [1.54, 1.807) is 6.07 Å². The summed E-state index contributed by atoms with van der Waals surface area (Å²) in [6.07, 6.45) is 2.79. The first-order valence-corrected chi connectivity index (χ1v) is 14.7. The third-order valence-corrected chi connectivity index (χ3v) is 9.01. The first-order valence-electron chi connectivity index (χ1n) is 12.1. The van der Waals surface area contributed by atoms with Crippen LogP contribution in [-0.2, 0) is 25.6 Å². The third-order valence-electron chi connectivity index (χ3n) is 6.64. The fourth-order valence-corrected chi connectivity index (χ4v) is 6.63. The van der Waals surface area contributed by atoms with Crippen molar-refractivity contribution in [1.82, 2.24) is 14.7 Å². The Morgan fingerprint density at radius 1 is 1.26 bits per heavy atom. The predicted molar refractivity (Wildman–Crippen MR) is 143 cm³/mol. The van der Waals surface area contributed by atoms with Crippen molar-refractivity contribution in [3.63, 3.8) is 0 Å². The zero-order chi connectivity index (χ0) is 26.9. The van der Waals surface area contributed by atoms with Crippen molar-refractivity contribution >= 4 is 44.8 Å². The van der Waals surface area contributed by atoms with Crippen LogP contribution in [0.2, 0.25) is 5.02 Å². The number of rotatable bonds is 8. The highest BCUT2D eigenvalue weighted by atomic mass is 35.5. The van der Waals surface area contributed by atoms with Crippen molar-refractivity contribution in [3.8, 4) is 0 Å². The number of fused-ring (bicyclic) bond motifs is 1. The molecule has 0 spiro atoms. The molecule has 3 N–H and O–H groups in total. The number of nitrogens with one attached hydrogen (secondary N) is 2. The molecule has 3 heterocycles. The number of aryl methyl sites for hydroxylation is 1. The summed E-state index contributed by atoms with van der Waals surface area (Å²) in [4.78, 5) is 23.2. The summed E-state index contributed by atoms with van der Waals surface area (Å²) in [6.45, 7) is 0.603. The Bertz CT molecular complexity index is 1430. The van der Waals surface area contributed by atoms with Crippen LogP contribution in [0.25, 0.3) is 0 Å². The number of aromatic nitrogens is 2. The fraction of sp³-hybridized carbons (Fsp3) is 0.400. The number of halogens is 1. The first kappa shape index (κ1) is 27.1. The maximum absolute atomic E-state index is 13.5. The highest BCUT2D eigenvalue weighted by Crippen LogP contribution is 2.38. The molecule has 0 unspecified atom stereocenters. The topological polar surface area (TPSA) is 140 Å². The molecule has 202 valence electrons. The number of aliphatic hydroxyl groups is 1. The van der Waals surface area contributed by atoms with Crippen LogP contribution >= 0.6 is 22.9 Å². The van der Waals surface area contributed by atoms with E-state index in [0.29, 0.717) is 22.3 Å². The van der Waals surface area contributed by atoms with Gasteiger partial charge in [0.05, 0.1) is 16.5 Å². The smallest absolute Gasteiger partial charge is 0.335 e. The van der Waals surface area contributed by atoms with Crippen molar-refractivity contribution < 1.29 is 27.2 Å². The highest BCUT2D eigenvalue weighted by Gasteiger charge is 2.37. The highest BCUT2D eigenvalue weighted by molar-refractivity contribution is 7.84. The Morgan fingerprint density at radius 3 is 2.92 bits per heavy atom. The van der Waals surface area contributed by atoms with E-state index >= 15 is 0 Å². The van der Waals surface area contributed by atoms with E-state index < -0.39 is 22.5 Å². The average molecular weight is 579 g/mol. The second kappa shape index (κ2) is 11.3. The summed E-state index contributed by atoms with van der Waals surface area (Å²) in [5, 5.41) is 14.1. The maximum Gasteiger partial charge on any atom is 0.335 e. The molecule has 1 aliphatic carbocycles. The van der Waals surface area contributed by atoms with Crippen molar-refractivity contribution in [2.24, 2.45) is 0 Å². The number of ketones is 1. The molecule has 3 aromatic rings. The van der Waals surface area contributed by atoms with Gasteiger partial charge in [0.2, 0.25) is 5.78 Å². The molecule has 2 aliphatic rings. The van der Waals surface area contributed by atoms with E-state index in [4.69, 9.17) is 20.5 Å². The molecule has 1 saturated carbocycles. The molecule has 1 aliphatic heterocycles. The number of hydrogen-bond donors (Lipinski definition) is 3. The van der Waals surface area contributed by atoms with Crippen LogP contribution in [0.1, 0.15) is 56.6 Å². The second-order valence-electron chi connectivity index (χ2n) is 9.19. The summed E-state index contributed by atoms with van der Waals surface area (Å²) in [7, 11) is -2.72. The largest absolute Gasteiger partial charge is 0.390 e. The molecule has 10 nitrogen and oxygen atoms in total. The lowest BCUT2D eigenvalue weighted by atomic mass is 9.99. The van der Waals surface area contributed by atoms with Crippen LogP contribution in [-0.4, -0.2) is 61.2 Å². The Kier molecular flexibility index (Phi) is 8.10. The van der Waals surface area contributed by atoms with Crippen LogP contribution < -0.4 is 10.0 Å². The SMILES string of the molecule is CNS(=O)(=O)O[C@@H]1C[C@H](Nc2ncncc2C(=O)c2ccc([C@H]3OCCCc4ccc(Cl)cc43)s2)C[C@@H]1O. The molecular weight excluding hydrogens is 552 g/mol. The van der Waals surface area contributed by atoms with Gasteiger partial charge in [0, 0.05) is 35.8 Å². The normalized spacial score (nSPS) is 23.6. The summed E-state index contributed by atoms with van der Waals surface area (Å²) in [6, 6.07) is 9.14. The maximum atomic E-state index is 13.5. The van der Waals surface area contributed by atoms with E-state index in [2.05, 4.69) is 20.0 Å². The number of nitrogens with zero attached hydrogens (tertiary/aromatic N) is 2. The Labute approximate surface area is 229 Å². The molecular formula is C25H27ClN4O6S2. The Hall–Kier alpha value is -2.45. The van der Waals surface area contributed by atoms with Crippen LogP contribution in [0.4, 0.5) is 5.82 Å². The van der Waals surface area contributed by atoms with Gasteiger partial charge in [0.1, 0.15) is 24.4 Å². The predicted octanol–water partition coefficient (Wildman–Crippen LogP) is 3.26. The third kappa shape index (κ3) is 5.91. The number of anilines is 1. The number of carbonyl (C=O) groups is 1. The van der Waals surface area contributed by atoms with Crippen LogP contribution in [0, 0.1) is 0 Å². The molecule has 1 fully saturated rings. The van der Waals surface area contributed by atoms with Gasteiger partial charge in [-0.2, -0.15) is 13.1 Å². The van der Waals surface area contributed by atoms with Gasteiger partial charge in [-0.25, -0.2) is 9.97 Å². The lowest BCUT2D eigenvalue weighted by molar-refractivity contribution is 0.0636. The van der Waals surface area contributed by atoms with Crippen molar-refractivity contribution in [2.75, 3.05) is 19.0 Å². The Morgan fingerprint density at radius 2 is 2.11 bits per heavy atom. The minimum Gasteiger partial charge on any atom is -0.390 e. The number of carbonyl (C=O) groups excluding carboxylic acids is 1. The fourth-order valence-electron chi connectivity index (χ4n) is 4.79. The summed E-state index contributed by atoms with van der Waals surface area (Å²) in [5.41, 5.74) is 2.47. The quantitative estimate of drug-likeness (QED) is 0.344. The van der Waals surface area contributed by atoms with E-state index in [-0.39, 0.29) is 36.3 Å². The monoisotopic (exact) mass is 578 g/mol. The van der Waals surface area contributed by atoms with Crippen molar-refractivity contribution in [3.05, 3.63) is 74.3 Å². The van der Waals surface area contributed by atoms with Crippen molar-refractivity contribution in [1.29, 1.82) is 0 Å². The Balaban J connectivity index is 1.34. The van der Waals surface area contributed by atoms with E-state index in [0.717, 1.165) is 23.3 Å². The molecule has 1 aromatic carbocycles. The molecule has 0 radical (unpaired) electrons. The summed E-state index contributed by atoms with van der Waals surface area (Å²) in [5.74, 6) is 0.0468. The summed E-state index contributed by atoms with van der Waals surface area (Å²) >= 11 is 7.63. The molecule has 13 heteroatoms. The molecule has 0 bridgehead atoms. The zero-order valence-corrected chi connectivity index (χ0v) is 22.9. The van der Waals surface area contributed by atoms with Gasteiger partial charge in [0.15, 0.2) is 0 Å². The molecule has 2 aromatic heterocycles. The molecule has 5 rings (SSSR count). The number of ether oxygens (including phenoxy) is 1. The minimum atomic E-state index is -3.95. The van der Waals surface area contributed by atoms with Gasteiger partial charge in [-0.15, -0.1) is 11.3 Å². The minimum absolute atomic E-state index is 0.212. The van der Waals surface area contributed by atoms with Crippen LogP contribution in [0.3, 0.4) is 0 Å². The van der Waals surface area contributed by atoms with Gasteiger partial charge in [-0.3, -0.25) is 8.98 Å². The number of benzene rings is 1. The van der Waals surface area contributed by atoms with Crippen LogP contribution in [0.5, 0.6) is 0 Å². The van der Waals surface area contributed by atoms with Gasteiger partial charge in [-0.05, 0) is 61.1 Å². The molecule has 0 saturated heterocycles. The van der Waals surface area contributed by atoms with Gasteiger partial charge in [-0.1, -0.05) is 17.7 Å². The number of aliphatic hydroxyl groups excluding tert-OH is 1. The van der Waals surface area contributed by atoms with Gasteiger partial charge < -0.3 is 15.2 Å². The zero-order valence-electron chi connectivity index (χ0n) is 20.5. The van der Waals surface area contributed by atoms with E-state index in [1.165, 1.54) is 36.5 Å². The molecule has 4 atom stereocenters. The standard InChI is InChI=1S/C25H27ClN4O6S2/c1-27-38(33,34)36-20-11-16(10-19(20)31)30-25-18(12-28-13-29-25)23(32)21-6-7-22(37-21)24-17-9-15(26)5-4-14(17)3-2-8-35-24/h4-7,9,12-13,16,19-20,24,27,31H,2-3,8,10-11H2,1H3,(H,28,29,30)/t16-,19+,20-,24+/m1/s1. The lowest BCUT2D eigenvalue weighted by Crippen LogP contribution is -2.31. The molecule has 38 heavy (non-hydrogen) atoms. The number of hydrogen-bond acceptors (Lipinski definition) is 10. The van der Waals surface area contributed by atoms with Gasteiger partial charge >= 0.3 is 10.3 Å². The van der Waals surface area contributed by atoms with Crippen LogP contribution in [0.15, 0.2) is 42.9 Å². The van der Waals surface area contributed by atoms with E-state index in [9.17, 15) is 18.3 Å². The second-order valence-corrected chi connectivity index (χ2v) is 12.2. The number of thiophene rings is 1. The average Bonchev–Trinajstić information content (AvgIpc) is 3.45.